The molecule has 0 saturated heterocycles. The minimum atomic E-state index is -4.12. The lowest BCUT2D eigenvalue weighted by molar-refractivity contribution is -0.140. The van der Waals surface area contributed by atoms with Gasteiger partial charge in [-0.1, -0.05) is 73.8 Å². The van der Waals surface area contributed by atoms with Gasteiger partial charge in [0.1, 0.15) is 12.6 Å². The lowest BCUT2D eigenvalue weighted by Gasteiger charge is -2.33. The summed E-state index contributed by atoms with van der Waals surface area (Å²) >= 11 is 12.4. The second-order valence-electron chi connectivity index (χ2n) is 9.93. The molecule has 0 spiro atoms. The lowest BCUT2D eigenvalue weighted by Crippen LogP contribution is -2.52. The third kappa shape index (κ3) is 8.24. The molecule has 0 radical (unpaired) electrons. The van der Waals surface area contributed by atoms with Gasteiger partial charge < -0.3 is 10.2 Å². The van der Waals surface area contributed by atoms with Crippen LogP contribution in [0, 0.1) is 13.8 Å². The van der Waals surface area contributed by atoms with Gasteiger partial charge in [-0.2, -0.15) is 0 Å². The smallest absolute Gasteiger partial charge is 0.264 e. The molecule has 0 saturated carbocycles. The molecule has 1 atom stereocenters. The molecule has 0 aliphatic heterocycles. The van der Waals surface area contributed by atoms with Gasteiger partial charge in [0.25, 0.3) is 10.0 Å². The predicted molar refractivity (Wildman–Crippen MR) is 166 cm³/mol. The Morgan fingerprint density at radius 2 is 1.61 bits per heavy atom. The first-order chi connectivity index (χ1) is 19.5. The van der Waals surface area contributed by atoms with Gasteiger partial charge in [-0.15, -0.1) is 0 Å². The van der Waals surface area contributed by atoms with Crippen molar-refractivity contribution < 1.29 is 18.0 Å². The van der Waals surface area contributed by atoms with Crippen molar-refractivity contribution in [3.05, 3.63) is 93.5 Å². The number of sulfonamides is 1. The number of hydrogen-bond donors (Lipinski definition) is 1. The number of nitrogens with zero attached hydrogens (tertiary/aromatic N) is 2. The van der Waals surface area contributed by atoms with Crippen molar-refractivity contribution in [1.82, 2.24) is 10.2 Å². The maximum atomic E-state index is 14.1. The number of hydrogen-bond acceptors (Lipinski definition) is 4. The number of carbonyl (C=O) groups excluding carboxylic acids is 2. The minimum absolute atomic E-state index is 0.0432. The molecule has 3 aromatic rings. The van der Waals surface area contributed by atoms with Gasteiger partial charge in [0.2, 0.25) is 11.8 Å². The number of amides is 2. The first-order valence-corrected chi connectivity index (χ1v) is 15.8. The van der Waals surface area contributed by atoms with Crippen LogP contribution in [0.15, 0.2) is 71.6 Å². The van der Waals surface area contributed by atoms with E-state index in [1.165, 1.54) is 17.0 Å². The highest BCUT2D eigenvalue weighted by Gasteiger charge is 2.33. The normalized spacial score (nSPS) is 12.0. The zero-order chi connectivity index (χ0) is 30.2. The van der Waals surface area contributed by atoms with Crippen molar-refractivity contribution in [2.75, 3.05) is 17.4 Å². The van der Waals surface area contributed by atoms with Gasteiger partial charge in [0.05, 0.1) is 20.6 Å². The van der Waals surface area contributed by atoms with Crippen LogP contribution in [0.25, 0.3) is 0 Å². The van der Waals surface area contributed by atoms with E-state index in [2.05, 4.69) is 5.32 Å². The molecule has 0 fully saturated rings. The standard InChI is InChI=1S/C31H37Cl2N3O4S/c1-5-7-17-34-31(38)29(6-2)35(20-24-14-16-27(32)28(33)19-24)30(37)21-36(25-15-13-22(3)23(4)18-25)41(39,40)26-11-9-8-10-12-26/h8-16,18-19,29H,5-7,17,20-21H2,1-4H3,(H,34,38)/t29-/m0/s1. The zero-order valence-electron chi connectivity index (χ0n) is 23.9. The highest BCUT2D eigenvalue weighted by molar-refractivity contribution is 7.92. The molecule has 0 heterocycles. The molecule has 0 unspecified atom stereocenters. The van der Waals surface area contributed by atoms with Crippen LogP contribution in [0.5, 0.6) is 0 Å². The average molecular weight is 619 g/mol. The Labute approximate surface area is 253 Å². The van der Waals surface area contributed by atoms with Crippen LogP contribution in [0.2, 0.25) is 10.0 Å². The summed E-state index contributed by atoms with van der Waals surface area (Å²) in [5, 5.41) is 3.61. The van der Waals surface area contributed by atoms with Crippen LogP contribution in [0.3, 0.4) is 0 Å². The third-order valence-electron chi connectivity index (χ3n) is 6.94. The Balaban J connectivity index is 2.06. The number of benzene rings is 3. The second-order valence-corrected chi connectivity index (χ2v) is 12.6. The highest BCUT2D eigenvalue weighted by Crippen LogP contribution is 2.28. The molecule has 0 aliphatic rings. The molecule has 7 nitrogen and oxygen atoms in total. The van der Waals surface area contributed by atoms with Crippen LogP contribution in [-0.4, -0.2) is 44.3 Å². The Hall–Kier alpha value is -3.07. The Kier molecular flexibility index (Phi) is 11.6. The highest BCUT2D eigenvalue weighted by atomic mass is 35.5. The Bertz CT molecular complexity index is 1470. The number of halogens is 2. The number of unbranched alkanes of at least 4 members (excludes halogenated alkanes) is 1. The van der Waals surface area contributed by atoms with E-state index < -0.39 is 28.5 Å². The number of aryl methyl sites for hydroxylation is 2. The molecule has 220 valence electrons. The molecule has 10 heteroatoms. The Morgan fingerprint density at radius 1 is 0.902 bits per heavy atom. The van der Waals surface area contributed by atoms with E-state index in [1.54, 1.807) is 48.5 Å². The summed E-state index contributed by atoms with van der Waals surface area (Å²) in [4.78, 5) is 28.9. The summed E-state index contributed by atoms with van der Waals surface area (Å²) in [6, 6.07) is 17.4. The van der Waals surface area contributed by atoms with Gasteiger partial charge in [0, 0.05) is 13.1 Å². The fraction of sp³-hybridized carbons (Fsp3) is 0.355. The van der Waals surface area contributed by atoms with Gasteiger partial charge >= 0.3 is 0 Å². The summed E-state index contributed by atoms with van der Waals surface area (Å²) in [7, 11) is -4.12. The first-order valence-electron chi connectivity index (χ1n) is 13.7. The van der Waals surface area contributed by atoms with Crippen LogP contribution in [-0.2, 0) is 26.2 Å². The number of anilines is 1. The summed E-state index contributed by atoms with van der Waals surface area (Å²) in [5.74, 6) is -0.815. The van der Waals surface area contributed by atoms with Crippen molar-refractivity contribution >= 4 is 50.7 Å². The van der Waals surface area contributed by atoms with Gasteiger partial charge in [-0.05, 0) is 79.8 Å². The third-order valence-corrected chi connectivity index (χ3v) is 9.47. The summed E-state index contributed by atoms with van der Waals surface area (Å²) in [5.41, 5.74) is 2.90. The molecule has 2 amide bonds. The fourth-order valence-corrected chi connectivity index (χ4v) is 6.14. The van der Waals surface area contributed by atoms with Crippen molar-refractivity contribution in [1.29, 1.82) is 0 Å². The fourth-order valence-electron chi connectivity index (χ4n) is 4.39. The van der Waals surface area contributed by atoms with Crippen LogP contribution >= 0.6 is 23.2 Å². The Morgan fingerprint density at radius 3 is 2.22 bits per heavy atom. The van der Waals surface area contributed by atoms with E-state index in [-0.39, 0.29) is 17.3 Å². The molecule has 0 bridgehead atoms. The van der Waals surface area contributed by atoms with E-state index in [4.69, 9.17) is 23.2 Å². The minimum Gasteiger partial charge on any atom is -0.354 e. The number of nitrogens with one attached hydrogen (secondary N) is 1. The average Bonchev–Trinajstić information content (AvgIpc) is 2.95. The van der Waals surface area contributed by atoms with E-state index in [1.807, 2.05) is 33.8 Å². The molecular formula is C31H37Cl2N3O4S. The van der Waals surface area contributed by atoms with Crippen molar-refractivity contribution in [2.45, 2.75) is 64.4 Å². The van der Waals surface area contributed by atoms with Crippen molar-refractivity contribution in [3.63, 3.8) is 0 Å². The van der Waals surface area contributed by atoms with Crippen LogP contribution < -0.4 is 9.62 Å². The topological polar surface area (TPSA) is 86.8 Å². The maximum Gasteiger partial charge on any atom is 0.264 e. The quantitative estimate of drug-likeness (QED) is 0.221. The van der Waals surface area contributed by atoms with E-state index in [0.717, 1.165) is 28.3 Å². The maximum absolute atomic E-state index is 14.1. The van der Waals surface area contributed by atoms with Gasteiger partial charge in [0.15, 0.2) is 0 Å². The lowest BCUT2D eigenvalue weighted by atomic mass is 10.1. The van der Waals surface area contributed by atoms with E-state index in [0.29, 0.717) is 34.3 Å². The largest absolute Gasteiger partial charge is 0.354 e. The molecule has 1 N–H and O–H groups in total. The van der Waals surface area contributed by atoms with Gasteiger partial charge in [-0.25, -0.2) is 8.42 Å². The zero-order valence-corrected chi connectivity index (χ0v) is 26.2. The van der Waals surface area contributed by atoms with Crippen LogP contribution in [0.1, 0.15) is 49.8 Å². The predicted octanol–water partition coefficient (Wildman–Crippen LogP) is 6.53. The van der Waals surface area contributed by atoms with E-state index >= 15 is 0 Å². The summed E-state index contributed by atoms with van der Waals surface area (Å²) < 4.78 is 28.9. The molecular weight excluding hydrogens is 581 g/mol. The van der Waals surface area contributed by atoms with Gasteiger partial charge in [-0.3, -0.25) is 13.9 Å². The number of rotatable bonds is 13. The van der Waals surface area contributed by atoms with Crippen LogP contribution in [0.4, 0.5) is 5.69 Å². The molecule has 41 heavy (non-hydrogen) atoms. The molecule has 3 rings (SSSR count). The molecule has 0 aromatic heterocycles. The summed E-state index contributed by atoms with van der Waals surface area (Å²) in [6.07, 6.45) is 2.05. The molecule has 0 aliphatic carbocycles. The number of carbonyl (C=O) groups is 2. The first kappa shape index (κ1) is 32.4. The molecule has 3 aromatic carbocycles. The van der Waals surface area contributed by atoms with Crippen molar-refractivity contribution in [3.8, 4) is 0 Å². The second kappa shape index (κ2) is 14.7. The van der Waals surface area contributed by atoms with Crippen molar-refractivity contribution in [2.24, 2.45) is 0 Å². The SMILES string of the molecule is CCCCNC(=O)[C@H](CC)N(Cc1ccc(Cl)c(Cl)c1)C(=O)CN(c1ccc(C)c(C)c1)S(=O)(=O)c1ccccc1. The monoisotopic (exact) mass is 617 g/mol. The summed E-state index contributed by atoms with van der Waals surface area (Å²) in [6.45, 7) is 7.69. The van der Waals surface area contributed by atoms with E-state index in [9.17, 15) is 18.0 Å².